The number of carbonyl (C=O) groups excluding carboxylic acids is 1. The summed E-state index contributed by atoms with van der Waals surface area (Å²) in [6, 6.07) is 11.0. The summed E-state index contributed by atoms with van der Waals surface area (Å²) in [5.74, 6) is 0.0533. The van der Waals surface area contributed by atoms with Crippen LogP contribution in [0.25, 0.3) is 10.8 Å². The molecule has 0 aliphatic rings. The van der Waals surface area contributed by atoms with Crippen molar-refractivity contribution in [2.24, 2.45) is 0 Å². The highest BCUT2D eigenvalue weighted by atomic mass is 16.5. The number of quaternary nitrogens is 1. The SMILES string of the molecule is CC(=O)c1ccc2cc([NH+](C)[O-])ccc2c1. The number of carbonyl (C=O) groups is 1. The molecule has 2 aromatic carbocycles. The second-order valence-corrected chi connectivity index (χ2v) is 3.89. The van der Waals surface area contributed by atoms with Gasteiger partial charge in [0.15, 0.2) is 5.78 Å². The Kier molecular flexibility index (Phi) is 2.73. The lowest BCUT2D eigenvalue weighted by Crippen LogP contribution is -2.98. The van der Waals surface area contributed by atoms with Gasteiger partial charge in [-0.1, -0.05) is 12.1 Å². The van der Waals surface area contributed by atoms with Gasteiger partial charge in [-0.2, -0.15) is 0 Å². The number of ketones is 1. The zero-order chi connectivity index (χ0) is 11.7. The highest BCUT2D eigenvalue weighted by Crippen LogP contribution is 2.19. The van der Waals surface area contributed by atoms with Gasteiger partial charge in [0.2, 0.25) is 0 Å². The minimum Gasteiger partial charge on any atom is -0.629 e. The fraction of sp³-hybridized carbons (Fsp3) is 0.154. The number of nitrogens with one attached hydrogen (secondary N) is 1. The second kappa shape index (κ2) is 4.04. The molecule has 0 spiro atoms. The van der Waals surface area contributed by atoms with Crippen molar-refractivity contribution in [2.45, 2.75) is 6.92 Å². The zero-order valence-electron chi connectivity index (χ0n) is 9.28. The van der Waals surface area contributed by atoms with E-state index >= 15 is 0 Å². The highest BCUT2D eigenvalue weighted by molar-refractivity contribution is 5.98. The topological polar surface area (TPSA) is 44.6 Å². The summed E-state index contributed by atoms with van der Waals surface area (Å²) in [7, 11) is 1.55. The van der Waals surface area contributed by atoms with Crippen molar-refractivity contribution < 1.29 is 9.86 Å². The Morgan fingerprint density at radius 3 is 2.38 bits per heavy atom. The fourth-order valence-electron chi connectivity index (χ4n) is 1.68. The average molecular weight is 215 g/mol. The molecule has 0 aliphatic carbocycles. The number of hydroxylamine groups is 1. The Morgan fingerprint density at radius 2 is 1.75 bits per heavy atom. The summed E-state index contributed by atoms with van der Waals surface area (Å²) in [4.78, 5) is 11.2. The first-order chi connectivity index (χ1) is 7.58. The molecule has 0 amide bonds. The van der Waals surface area contributed by atoms with Crippen molar-refractivity contribution in [1.82, 2.24) is 0 Å². The molecule has 0 aromatic heterocycles. The maximum atomic E-state index is 11.2. The molecule has 0 aliphatic heterocycles. The highest BCUT2D eigenvalue weighted by Gasteiger charge is 2.03. The van der Waals surface area contributed by atoms with Crippen LogP contribution in [0.15, 0.2) is 36.4 Å². The first-order valence-corrected chi connectivity index (χ1v) is 5.13. The van der Waals surface area contributed by atoms with Crippen LogP contribution in [0.3, 0.4) is 0 Å². The monoisotopic (exact) mass is 215 g/mol. The molecule has 0 radical (unpaired) electrons. The molecule has 3 heteroatoms. The molecule has 16 heavy (non-hydrogen) atoms. The van der Waals surface area contributed by atoms with Gasteiger partial charge >= 0.3 is 0 Å². The quantitative estimate of drug-likeness (QED) is 0.612. The molecule has 0 heterocycles. The third kappa shape index (κ3) is 1.96. The van der Waals surface area contributed by atoms with E-state index in [0.29, 0.717) is 11.3 Å². The van der Waals surface area contributed by atoms with Crippen LogP contribution >= 0.6 is 0 Å². The number of hydrogen-bond acceptors (Lipinski definition) is 2. The van der Waals surface area contributed by atoms with Crippen molar-refractivity contribution in [1.29, 1.82) is 0 Å². The van der Waals surface area contributed by atoms with E-state index in [1.807, 2.05) is 24.3 Å². The lowest BCUT2D eigenvalue weighted by atomic mass is 10.0. The lowest BCUT2D eigenvalue weighted by molar-refractivity contribution is -0.751. The van der Waals surface area contributed by atoms with E-state index in [9.17, 15) is 10.0 Å². The largest absolute Gasteiger partial charge is 0.629 e. The normalized spacial score (nSPS) is 12.7. The molecule has 2 aromatic rings. The van der Waals surface area contributed by atoms with E-state index in [2.05, 4.69) is 0 Å². The third-order valence-corrected chi connectivity index (χ3v) is 2.65. The zero-order valence-corrected chi connectivity index (χ0v) is 9.28. The minimum absolute atomic E-state index is 0.0533. The van der Waals surface area contributed by atoms with Crippen molar-refractivity contribution in [3.63, 3.8) is 0 Å². The number of benzene rings is 2. The van der Waals surface area contributed by atoms with Gasteiger partial charge < -0.3 is 10.3 Å². The van der Waals surface area contributed by atoms with Crippen molar-refractivity contribution in [3.05, 3.63) is 47.2 Å². The second-order valence-electron chi connectivity index (χ2n) is 3.89. The lowest BCUT2D eigenvalue weighted by Gasteiger charge is -2.15. The van der Waals surface area contributed by atoms with Crippen LogP contribution < -0.4 is 5.06 Å². The molecular weight excluding hydrogens is 202 g/mol. The summed E-state index contributed by atoms with van der Waals surface area (Å²) in [6.45, 7) is 1.55. The van der Waals surface area contributed by atoms with Gasteiger partial charge in [-0.25, -0.2) is 0 Å². The maximum Gasteiger partial charge on any atom is 0.159 e. The van der Waals surface area contributed by atoms with Crippen LogP contribution in [0.2, 0.25) is 0 Å². The predicted molar refractivity (Wildman–Crippen MR) is 63.9 cm³/mol. The average Bonchev–Trinajstić information content (AvgIpc) is 2.27. The Morgan fingerprint density at radius 1 is 1.12 bits per heavy atom. The molecule has 82 valence electrons. The van der Waals surface area contributed by atoms with Gasteiger partial charge in [0.25, 0.3) is 0 Å². The molecule has 0 saturated heterocycles. The van der Waals surface area contributed by atoms with Gasteiger partial charge in [-0.05, 0) is 35.9 Å². The smallest absolute Gasteiger partial charge is 0.159 e. The summed E-state index contributed by atoms with van der Waals surface area (Å²) < 4.78 is 0. The Bertz CT molecular complexity index is 547. The number of rotatable bonds is 2. The van der Waals surface area contributed by atoms with Crippen LogP contribution in [-0.4, -0.2) is 12.8 Å². The van der Waals surface area contributed by atoms with Gasteiger partial charge in [0.05, 0.1) is 7.05 Å². The van der Waals surface area contributed by atoms with Crippen LogP contribution in [-0.2, 0) is 0 Å². The van der Waals surface area contributed by atoms with E-state index in [0.717, 1.165) is 10.8 Å². The molecule has 1 N–H and O–H groups in total. The van der Waals surface area contributed by atoms with Crippen molar-refractivity contribution in [2.75, 3.05) is 7.05 Å². The van der Waals surface area contributed by atoms with Crippen LogP contribution in [0.1, 0.15) is 17.3 Å². The fourth-order valence-corrected chi connectivity index (χ4v) is 1.68. The van der Waals surface area contributed by atoms with Crippen LogP contribution in [0.4, 0.5) is 5.69 Å². The van der Waals surface area contributed by atoms with Gasteiger partial charge in [-0.3, -0.25) is 4.79 Å². The Labute approximate surface area is 93.9 Å². The summed E-state index contributed by atoms with van der Waals surface area (Å²) in [5, 5.41) is 13.2. The molecule has 2 rings (SSSR count). The third-order valence-electron chi connectivity index (χ3n) is 2.65. The summed E-state index contributed by atoms with van der Waals surface area (Å²) in [6.07, 6.45) is 0. The van der Waals surface area contributed by atoms with Gasteiger partial charge in [0.1, 0.15) is 5.69 Å². The molecule has 1 atom stereocenters. The Balaban J connectivity index is 2.57. The molecule has 1 unspecified atom stereocenters. The van der Waals surface area contributed by atoms with E-state index < -0.39 is 0 Å². The predicted octanol–water partition coefficient (Wildman–Crippen LogP) is 1.69. The molecule has 3 nitrogen and oxygen atoms in total. The number of hydrogen-bond donors (Lipinski definition) is 1. The van der Waals surface area contributed by atoms with Crippen molar-refractivity contribution in [3.8, 4) is 0 Å². The Hall–Kier alpha value is -1.71. The van der Waals surface area contributed by atoms with E-state index in [1.54, 1.807) is 26.1 Å². The number of fused-ring (bicyclic) bond motifs is 1. The minimum atomic E-state index is 0.0533. The van der Waals surface area contributed by atoms with Crippen molar-refractivity contribution >= 4 is 22.2 Å². The number of Topliss-reactive ketones (excluding diaryl/α,β-unsaturated/α-hetero) is 1. The van der Waals surface area contributed by atoms with Crippen LogP contribution in [0, 0.1) is 5.21 Å². The first kappa shape index (κ1) is 10.8. The molecule has 0 saturated carbocycles. The van der Waals surface area contributed by atoms with Crippen LogP contribution in [0.5, 0.6) is 0 Å². The maximum absolute atomic E-state index is 11.2. The molecule has 0 bridgehead atoms. The molecular formula is C13H13NO2. The van der Waals surface area contributed by atoms with Gasteiger partial charge in [-0.15, -0.1) is 0 Å². The standard InChI is InChI=1S/C13H13NO2/c1-9(15)10-3-4-12-8-13(14(2)16)6-5-11(12)7-10/h3-8,14H,1-2H3. The van der Waals surface area contributed by atoms with E-state index in [-0.39, 0.29) is 10.8 Å². The first-order valence-electron chi connectivity index (χ1n) is 5.13. The summed E-state index contributed by atoms with van der Waals surface area (Å²) >= 11 is 0. The summed E-state index contributed by atoms with van der Waals surface area (Å²) in [5.41, 5.74) is 1.39. The van der Waals surface area contributed by atoms with Gasteiger partial charge in [0, 0.05) is 11.6 Å². The molecule has 0 fully saturated rings. The van der Waals surface area contributed by atoms with E-state index in [1.165, 1.54) is 0 Å². The van der Waals surface area contributed by atoms with E-state index in [4.69, 9.17) is 0 Å².